The van der Waals surface area contributed by atoms with Gasteiger partial charge in [-0.2, -0.15) is 9.98 Å². The van der Waals surface area contributed by atoms with Gasteiger partial charge in [0.15, 0.2) is 0 Å². The Balaban J connectivity index is 2.97. The predicted octanol–water partition coefficient (Wildman–Crippen LogP) is 2.80. The molecule has 0 saturated heterocycles. The molecule has 1 rings (SSSR count). The molecule has 0 saturated carbocycles. The van der Waals surface area contributed by atoms with Crippen LogP contribution in [-0.4, -0.2) is 18.8 Å². The number of aliphatic imine (C=N–C) groups is 2. The van der Waals surface area contributed by atoms with E-state index in [0.717, 1.165) is 12.8 Å². The second-order valence-electron chi connectivity index (χ2n) is 3.26. The lowest BCUT2D eigenvalue weighted by atomic mass is 10.2. The van der Waals surface area contributed by atoms with Crippen molar-refractivity contribution in [3.05, 3.63) is 18.2 Å². The van der Waals surface area contributed by atoms with Crippen LogP contribution in [0, 0.1) is 0 Å². The number of isocyanates is 2. The molecule has 88 valence electrons. The third-order valence-electron chi connectivity index (χ3n) is 2.04. The molecule has 0 bridgehead atoms. The number of benzene rings is 1. The van der Waals surface area contributed by atoms with Crippen LogP contribution in [0.5, 0.6) is 5.75 Å². The van der Waals surface area contributed by atoms with Gasteiger partial charge in [-0.05, 0) is 18.6 Å². The monoisotopic (exact) mass is 232 g/mol. The molecule has 17 heavy (non-hydrogen) atoms. The van der Waals surface area contributed by atoms with Gasteiger partial charge >= 0.3 is 0 Å². The number of carbonyl (C=O) groups excluding carboxylic acids is 2. The summed E-state index contributed by atoms with van der Waals surface area (Å²) in [5, 5.41) is 0. The SMILES string of the molecule is CCCCOc1cc(N=C=O)ccc1N=C=O. The lowest BCUT2D eigenvalue weighted by molar-refractivity contribution is 0.310. The highest BCUT2D eigenvalue weighted by Crippen LogP contribution is 2.31. The molecular weight excluding hydrogens is 220 g/mol. The fourth-order valence-electron chi connectivity index (χ4n) is 1.21. The molecule has 0 aliphatic rings. The maximum Gasteiger partial charge on any atom is 0.240 e. The van der Waals surface area contributed by atoms with Crippen LogP contribution in [0.15, 0.2) is 28.2 Å². The molecule has 5 heteroatoms. The number of ether oxygens (including phenoxy) is 1. The third-order valence-corrected chi connectivity index (χ3v) is 2.04. The van der Waals surface area contributed by atoms with Crippen molar-refractivity contribution >= 4 is 23.5 Å². The van der Waals surface area contributed by atoms with Crippen molar-refractivity contribution in [3.8, 4) is 5.75 Å². The topological polar surface area (TPSA) is 68.1 Å². The van der Waals surface area contributed by atoms with Crippen LogP contribution >= 0.6 is 0 Å². The number of hydrogen-bond acceptors (Lipinski definition) is 5. The van der Waals surface area contributed by atoms with Crippen LogP contribution < -0.4 is 4.74 Å². The summed E-state index contributed by atoms with van der Waals surface area (Å²) in [5.74, 6) is 0.415. The van der Waals surface area contributed by atoms with Crippen molar-refractivity contribution in [2.24, 2.45) is 9.98 Å². The van der Waals surface area contributed by atoms with Gasteiger partial charge in [-0.25, -0.2) is 9.59 Å². The molecule has 1 aromatic rings. The molecule has 0 aliphatic heterocycles. The number of hydrogen-bond donors (Lipinski definition) is 0. The average molecular weight is 232 g/mol. The van der Waals surface area contributed by atoms with E-state index < -0.39 is 0 Å². The minimum Gasteiger partial charge on any atom is -0.491 e. The highest BCUT2D eigenvalue weighted by atomic mass is 16.5. The van der Waals surface area contributed by atoms with Crippen LogP contribution in [0.25, 0.3) is 0 Å². The first kappa shape index (κ1) is 12.8. The lowest BCUT2D eigenvalue weighted by Crippen LogP contribution is -1.96. The molecule has 0 amide bonds. The second kappa shape index (κ2) is 7.12. The van der Waals surface area contributed by atoms with Gasteiger partial charge < -0.3 is 4.74 Å². The average Bonchev–Trinajstić information content (AvgIpc) is 2.33. The number of rotatable bonds is 6. The quantitative estimate of drug-likeness (QED) is 0.430. The Morgan fingerprint density at radius 3 is 2.65 bits per heavy atom. The van der Waals surface area contributed by atoms with E-state index in [0.29, 0.717) is 23.7 Å². The van der Waals surface area contributed by atoms with Gasteiger partial charge in [0.05, 0.1) is 12.3 Å². The zero-order chi connectivity index (χ0) is 12.5. The van der Waals surface area contributed by atoms with E-state index in [1.165, 1.54) is 18.2 Å². The molecular formula is C12H12N2O3. The molecule has 0 aliphatic carbocycles. The van der Waals surface area contributed by atoms with Crippen molar-refractivity contribution < 1.29 is 14.3 Å². The second-order valence-corrected chi connectivity index (χ2v) is 3.26. The van der Waals surface area contributed by atoms with Crippen molar-refractivity contribution in [2.45, 2.75) is 19.8 Å². The maximum absolute atomic E-state index is 10.2. The molecule has 0 N–H and O–H groups in total. The summed E-state index contributed by atoms with van der Waals surface area (Å²) >= 11 is 0. The Kier molecular flexibility index (Phi) is 5.38. The predicted molar refractivity (Wildman–Crippen MR) is 62.4 cm³/mol. The number of nitrogens with zero attached hydrogens (tertiary/aromatic N) is 2. The van der Waals surface area contributed by atoms with Crippen LogP contribution in [0.4, 0.5) is 11.4 Å². The summed E-state index contributed by atoms with van der Waals surface area (Å²) in [4.78, 5) is 27.4. The molecule has 0 unspecified atom stereocenters. The molecule has 5 nitrogen and oxygen atoms in total. The molecule has 1 aromatic carbocycles. The summed E-state index contributed by atoms with van der Waals surface area (Å²) < 4.78 is 5.45. The maximum atomic E-state index is 10.2. The Bertz CT molecular complexity index is 473. The Morgan fingerprint density at radius 1 is 1.24 bits per heavy atom. The van der Waals surface area contributed by atoms with Crippen LogP contribution in [0.1, 0.15) is 19.8 Å². The highest BCUT2D eigenvalue weighted by molar-refractivity contribution is 5.63. The van der Waals surface area contributed by atoms with E-state index in [4.69, 9.17) is 4.74 Å². The molecule has 0 atom stereocenters. The van der Waals surface area contributed by atoms with E-state index in [9.17, 15) is 9.59 Å². The molecule has 0 radical (unpaired) electrons. The first-order chi connectivity index (χ1) is 8.31. The fourth-order valence-corrected chi connectivity index (χ4v) is 1.21. The van der Waals surface area contributed by atoms with Crippen molar-refractivity contribution in [1.82, 2.24) is 0 Å². The zero-order valence-corrected chi connectivity index (χ0v) is 9.47. The van der Waals surface area contributed by atoms with Crippen molar-refractivity contribution in [1.29, 1.82) is 0 Å². The van der Waals surface area contributed by atoms with Crippen molar-refractivity contribution in [2.75, 3.05) is 6.61 Å². The van der Waals surface area contributed by atoms with Gasteiger partial charge in [0.25, 0.3) is 0 Å². The van der Waals surface area contributed by atoms with E-state index >= 15 is 0 Å². The van der Waals surface area contributed by atoms with Gasteiger partial charge in [0, 0.05) is 6.07 Å². The Morgan fingerprint density at radius 2 is 2.00 bits per heavy atom. The van der Waals surface area contributed by atoms with E-state index in [1.807, 2.05) is 6.92 Å². The molecule has 0 spiro atoms. The molecule has 0 aromatic heterocycles. The highest BCUT2D eigenvalue weighted by Gasteiger charge is 2.04. The standard InChI is InChI=1S/C12H12N2O3/c1-2-3-6-17-12-7-10(13-8-15)4-5-11(12)14-9-16/h4-5,7H,2-3,6H2,1H3. The Labute approximate surface area is 98.8 Å². The summed E-state index contributed by atoms with van der Waals surface area (Å²) in [6.45, 7) is 2.56. The molecule has 0 fully saturated rings. The van der Waals surface area contributed by atoms with Crippen LogP contribution in [-0.2, 0) is 9.59 Å². The van der Waals surface area contributed by atoms with Crippen molar-refractivity contribution in [3.63, 3.8) is 0 Å². The van der Waals surface area contributed by atoms with Gasteiger partial charge in [-0.15, -0.1) is 0 Å². The molecule has 0 heterocycles. The van der Waals surface area contributed by atoms with E-state index in [2.05, 4.69) is 9.98 Å². The van der Waals surface area contributed by atoms with E-state index in [-0.39, 0.29) is 0 Å². The Hall–Kier alpha value is -2.22. The largest absolute Gasteiger partial charge is 0.491 e. The fraction of sp³-hybridized carbons (Fsp3) is 0.333. The van der Waals surface area contributed by atoms with Gasteiger partial charge in [0.2, 0.25) is 12.2 Å². The lowest BCUT2D eigenvalue weighted by Gasteiger charge is -2.07. The summed E-state index contributed by atoms with van der Waals surface area (Å²) in [5.41, 5.74) is 0.789. The smallest absolute Gasteiger partial charge is 0.240 e. The van der Waals surface area contributed by atoms with Gasteiger partial charge in [-0.3, -0.25) is 0 Å². The normalized spacial score (nSPS) is 9.00. The first-order valence-corrected chi connectivity index (χ1v) is 5.24. The number of unbranched alkanes of at least 4 members (excludes halogenated alkanes) is 1. The summed E-state index contributed by atoms with van der Waals surface area (Å²) in [6, 6.07) is 4.63. The summed E-state index contributed by atoms with van der Waals surface area (Å²) in [6.07, 6.45) is 4.79. The van der Waals surface area contributed by atoms with Crippen LogP contribution in [0.2, 0.25) is 0 Å². The zero-order valence-electron chi connectivity index (χ0n) is 9.47. The van der Waals surface area contributed by atoms with Gasteiger partial charge in [0.1, 0.15) is 11.4 Å². The summed E-state index contributed by atoms with van der Waals surface area (Å²) in [7, 11) is 0. The van der Waals surface area contributed by atoms with Gasteiger partial charge in [-0.1, -0.05) is 13.3 Å². The third kappa shape index (κ3) is 4.03. The van der Waals surface area contributed by atoms with E-state index in [1.54, 1.807) is 12.1 Å². The minimum atomic E-state index is 0.376. The minimum absolute atomic E-state index is 0.376. The van der Waals surface area contributed by atoms with Crippen LogP contribution in [0.3, 0.4) is 0 Å². The first-order valence-electron chi connectivity index (χ1n) is 5.24.